The van der Waals surface area contributed by atoms with Gasteiger partial charge < -0.3 is 15.3 Å². The average molecular weight is 208 g/mol. The second-order valence-electron chi connectivity index (χ2n) is 2.75. The van der Waals surface area contributed by atoms with Crippen molar-refractivity contribution in [3.05, 3.63) is 35.9 Å². The first-order valence-corrected chi connectivity index (χ1v) is 3.98. The third-order valence-electron chi connectivity index (χ3n) is 1.62. The van der Waals surface area contributed by atoms with E-state index in [0.29, 0.717) is 6.08 Å². The molecule has 0 spiro atoms. The minimum atomic E-state index is -1.65. The van der Waals surface area contributed by atoms with Crippen molar-refractivity contribution in [2.24, 2.45) is 0 Å². The summed E-state index contributed by atoms with van der Waals surface area (Å²) >= 11 is 0. The Morgan fingerprint density at radius 3 is 2.40 bits per heavy atom. The summed E-state index contributed by atoms with van der Waals surface area (Å²) in [5.41, 5.74) is 0.171. The van der Waals surface area contributed by atoms with Crippen LogP contribution >= 0.6 is 0 Å². The zero-order valence-corrected chi connectivity index (χ0v) is 7.54. The van der Waals surface area contributed by atoms with E-state index < -0.39 is 17.5 Å². The minimum absolute atomic E-state index is 0.0878. The van der Waals surface area contributed by atoms with Gasteiger partial charge in [0.2, 0.25) is 0 Å². The zero-order valence-electron chi connectivity index (χ0n) is 7.54. The lowest BCUT2D eigenvalue weighted by atomic mass is 10.1. The Bertz CT molecular complexity index is 433. The molecule has 0 saturated carbocycles. The molecule has 78 valence electrons. The number of hydrogen-bond donors (Lipinski definition) is 3. The summed E-state index contributed by atoms with van der Waals surface area (Å²) in [4.78, 5) is 20.9. The third kappa shape index (κ3) is 2.84. The van der Waals surface area contributed by atoms with Gasteiger partial charge in [-0.15, -0.1) is 0 Å². The van der Waals surface area contributed by atoms with E-state index in [2.05, 4.69) is 0 Å². The summed E-state index contributed by atoms with van der Waals surface area (Å²) in [6.45, 7) is 0. The van der Waals surface area contributed by atoms with E-state index in [1.165, 1.54) is 24.3 Å². The summed E-state index contributed by atoms with van der Waals surface area (Å²) in [5.74, 6) is -3.47. The molecule has 5 nitrogen and oxygen atoms in total. The zero-order chi connectivity index (χ0) is 11.4. The number of ketones is 1. The highest BCUT2D eigenvalue weighted by atomic mass is 16.4. The molecule has 0 bridgehead atoms. The van der Waals surface area contributed by atoms with Crippen molar-refractivity contribution in [3.63, 3.8) is 0 Å². The highest BCUT2D eigenvalue weighted by Crippen LogP contribution is 2.16. The first-order chi connectivity index (χ1) is 7.00. The van der Waals surface area contributed by atoms with Gasteiger partial charge in [0.05, 0.1) is 0 Å². The van der Waals surface area contributed by atoms with Gasteiger partial charge >= 0.3 is 5.97 Å². The van der Waals surface area contributed by atoms with Crippen molar-refractivity contribution in [3.8, 4) is 5.75 Å². The third-order valence-corrected chi connectivity index (χ3v) is 1.62. The van der Waals surface area contributed by atoms with E-state index in [4.69, 9.17) is 10.2 Å². The van der Waals surface area contributed by atoms with E-state index in [1.54, 1.807) is 0 Å². The molecular formula is C10H8O5. The van der Waals surface area contributed by atoms with Crippen molar-refractivity contribution in [1.82, 2.24) is 0 Å². The largest absolute Gasteiger partial charge is 0.508 e. The van der Waals surface area contributed by atoms with Gasteiger partial charge in [0, 0.05) is 11.6 Å². The molecule has 5 heteroatoms. The number of hydrogen-bond acceptors (Lipinski definition) is 4. The second-order valence-corrected chi connectivity index (χ2v) is 2.75. The van der Waals surface area contributed by atoms with Crippen LogP contribution in [0.4, 0.5) is 0 Å². The summed E-state index contributed by atoms with van der Waals surface area (Å²) in [5, 5.41) is 26.7. The van der Waals surface area contributed by atoms with Crippen LogP contribution in [0.3, 0.4) is 0 Å². The Labute approximate surface area is 84.9 Å². The number of carbonyl (C=O) groups is 2. The van der Waals surface area contributed by atoms with Crippen LogP contribution in [0.15, 0.2) is 30.3 Å². The molecule has 0 fully saturated rings. The van der Waals surface area contributed by atoms with Crippen LogP contribution in [-0.4, -0.2) is 27.1 Å². The molecule has 0 unspecified atom stereocenters. The maximum atomic E-state index is 10.7. The van der Waals surface area contributed by atoms with Crippen LogP contribution in [0.1, 0.15) is 5.56 Å². The number of phenols is 1. The lowest BCUT2D eigenvalue weighted by Crippen LogP contribution is -2.09. The molecule has 0 radical (unpaired) electrons. The molecule has 0 amide bonds. The normalized spacial score (nSPS) is 11.1. The Morgan fingerprint density at radius 2 is 1.87 bits per heavy atom. The monoisotopic (exact) mass is 208 g/mol. The van der Waals surface area contributed by atoms with E-state index in [0.717, 1.165) is 0 Å². The fourth-order valence-corrected chi connectivity index (χ4v) is 0.934. The van der Waals surface area contributed by atoms with Gasteiger partial charge in [-0.2, -0.15) is 0 Å². The highest BCUT2D eigenvalue weighted by molar-refractivity contribution is 6.38. The first-order valence-electron chi connectivity index (χ1n) is 3.98. The standard InChI is InChI=1S/C10H8O5/c11-7-3-1-2-6(4-7)8(12)5-9(13)10(14)15/h1-5,11-12H,(H,14,15)/b8-5-. The summed E-state index contributed by atoms with van der Waals surface area (Å²) in [6.07, 6.45) is 0.580. The number of carboxylic acids is 1. The molecule has 0 atom stereocenters. The molecule has 0 aromatic heterocycles. The van der Waals surface area contributed by atoms with Crippen LogP contribution in [0.25, 0.3) is 5.76 Å². The number of phenolic OH excluding ortho intramolecular Hbond substituents is 1. The molecule has 1 aromatic carbocycles. The molecule has 0 aliphatic carbocycles. The molecule has 0 aliphatic rings. The molecule has 1 rings (SSSR count). The molecule has 3 N–H and O–H groups in total. The molecule has 15 heavy (non-hydrogen) atoms. The smallest absolute Gasteiger partial charge is 0.376 e. The SMILES string of the molecule is O=C(O)C(=O)/C=C(\O)c1cccc(O)c1. The number of carbonyl (C=O) groups excluding carboxylic acids is 1. The Morgan fingerprint density at radius 1 is 1.20 bits per heavy atom. The van der Waals surface area contributed by atoms with Gasteiger partial charge in [-0.3, -0.25) is 4.79 Å². The van der Waals surface area contributed by atoms with Crippen LogP contribution in [0, 0.1) is 0 Å². The maximum Gasteiger partial charge on any atom is 0.376 e. The van der Waals surface area contributed by atoms with E-state index in [-0.39, 0.29) is 11.3 Å². The highest BCUT2D eigenvalue weighted by Gasteiger charge is 2.10. The topological polar surface area (TPSA) is 94.8 Å². The van der Waals surface area contributed by atoms with Crippen molar-refractivity contribution in [2.75, 3.05) is 0 Å². The molecule has 0 aliphatic heterocycles. The predicted octanol–water partition coefficient (Wildman–Crippen LogP) is 0.945. The fraction of sp³-hybridized carbons (Fsp3) is 0. The number of carboxylic acid groups (broad SMARTS) is 1. The maximum absolute atomic E-state index is 10.7. The molecular weight excluding hydrogens is 200 g/mol. The van der Waals surface area contributed by atoms with Crippen LogP contribution in [0.2, 0.25) is 0 Å². The van der Waals surface area contributed by atoms with Crippen LogP contribution < -0.4 is 0 Å². The predicted molar refractivity (Wildman–Crippen MR) is 51.4 cm³/mol. The van der Waals surface area contributed by atoms with Crippen LogP contribution in [-0.2, 0) is 9.59 Å². The number of aliphatic carboxylic acids is 1. The van der Waals surface area contributed by atoms with Crippen LogP contribution in [0.5, 0.6) is 5.75 Å². The van der Waals surface area contributed by atoms with E-state index in [9.17, 15) is 14.7 Å². The molecule has 0 heterocycles. The van der Waals surface area contributed by atoms with Crippen molar-refractivity contribution in [2.45, 2.75) is 0 Å². The Balaban J connectivity index is 2.99. The molecule has 0 saturated heterocycles. The average Bonchev–Trinajstić information content (AvgIpc) is 2.17. The summed E-state index contributed by atoms with van der Waals surface area (Å²) in [6, 6.07) is 5.48. The van der Waals surface area contributed by atoms with Gasteiger partial charge in [0.15, 0.2) is 0 Å². The van der Waals surface area contributed by atoms with Crippen molar-refractivity contribution in [1.29, 1.82) is 0 Å². The number of aromatic hydroxyl groups is 1. The number of benzene rings is 1. The van der Waals surface area contributed by atoms with Crippen molar-refractivity contribution < 1.29 is 24.9 Å². The van der Waals surface area contributed by atoms with Gasteiger partial charge in [0.25, 0.3) is 5.78 Å². The minimum Gasteiger partial charge on any atom is -0.508 e. The second kappa shape index (κ2) is 4.28. The number of rotatable bonds is 3. The van der Waals surface area contributed by atoms with Gasteiger partial charge in [-0.05, 0) is 12.1 Å². The van der Waals surface area contributed by atoms with Gasteiger partial charge in [-0.1, -0.05) is 12.1 Å². The van der Waals surface area contributed by atoms with Gasteiger partial charge in [0.1, 0.15) is 11.5 Å². The lowest BCUT2D eigenvalue weighted by Gasteiger charge is -1.99. The van der Waals surface area contributed by atoms with E-state index >= 15 is 0 Å². The fourth-order valence-electron chi connectivity index (χ4n) is 0.934. The number of aliphatic hydroxyl groups excluding tert-OH is 1. The van der Waals surface area contributed by atoms with E-state index in [1.807, 2.05) is 0 Å². The number of aliphatic hydroxyl groups is 1. The summed E-state index contributed by atoms with van der Waals surface area (Å²) in [7, 11) is 0. The Kier molecular flexibility index (Phi) is 3.07. The Hall–Kier alpha value is -2.30. The first kappa shape index (κ1) is 10.8. The summed E-state index contributed by atoms with van der Waals surface area (Å²) < 4.78 is 0. The van der Waals surface area contributed by atoms with Gasteiger partial charge in [-0.25, -0.2) is 4.79 Å². The lowest BCUT2D eigenvalue weighted by molar-refractivity contribution is -0.146. The molecule has 1 aromatic rings. The quantitative estimate of drug-likeness (QED) is 0.390. The van der Waals surface area contributed by atoms with Crippen molar-refractivity contribution >= 4 is 17.5 Å².